The molecule has 2 aromatic rings. The first kappa shape index (κ1) is 11.6. The molecule has 0 spiro atoms. The molecular weight excluding hydrogens is 218 g/mol. The van der Waals surface area contributed by atoms with Crippen LogP contribution in [0.5, 0.6) is 5.75 Å². The van der Waals surface area contributed by atoms with Crippen molar-refractivity contribution >= 4 is 0 Å². The minimum atomic E-state index is 0.251. The molecule has 0 aliphatic carbocycles. The zero-order valence-corrected chi connectivity index (χ0v) is 10.2. The Labute approximate surface area is 99.6 Å². The van der Waals surface area contributed by atoms with E-state index in [-0.39, 0.29) is 6.54 Å². The van der Waals surface area contributed by atoms with Crippen molar-refractivity contribution in [1.82, 2.24) is 10.1 Å². The number of rotatable bonds is 3. The van der Waals surface area contributed by atoms with Gasteiger partial charge >= 0.3 is 0 Å². The van der Waals surface area contributed by atoms with Crippen LogP contribution >= 0.6 is 0 Å². The predicted octanol–water partition coefficient (Wildman–Crippen LogP) is 1.82. The van der Waals surface area contributed by atoms with Crippen LogP contribution in [0.25, 0.3) is 11.4 Å². The van der Waals surface area contributed by atoms with E-state index >= 15 is 0 Å². The molecule has 0 saturated carbocycles. The molecule has 0 saturated heterocycles. The Hall–Kier alpha value is -1.88. The standard InChI is InChI=1S/C12H15N3O2/c1-7-8(2)10(16-3)5-4-9(7)12-14-11(6-13)17-15-12/h4-5H,6,13H2,1-3H3. The van der Waals surface area contributed by atoms with Gasteiger partial charge in [0, 0.05) is 5.56 Å². The van der Waals surface area contributed by atoms with Crippen LogP contribution in [0.1, 0.15) is 17.0 Å². The average Bonchev–Trinajstić information content (AvgIpc) is 2.81. The van der Waals surface area contributed by atoms with Gasteiger partial charge in [0.15, 0.2) is 0 Å². The lowest BCUT2D eigenvalue weighted by molar-refractivity contribution is 0.380. The lowest BCUT2D eigenvalue weighted by atomic mass is 10.0. The molecule has 17 heavy (non-hydrogen) atoms. The molecule has 2 rings (SSSR count). The lowest BCUT2D eigenvalue weighted by Crippen LogP contribution is -1.96. The second kappa shape index (κ2) is 4.55. The van der Waals surface area contributed by atoms with E-state index < -0.39 is 0 Å². The first-order valence-electron chi connectivity index (χ1n) is 5.34. The van der Waals surface area contributed by atoms with Crippen LogP contribution in [-0.2, 0) is 6.54 Å². The summed E-state index contributed by atoms with van der Waals surface area (Å²) in [4.78, 5) is 4.21. The Kier molecular flexibility index (Phi) is 3.10. The van der Waals surface area contributed by atoms with E-state index in [1.807, 2.05) is 26.0 Å². The van der Waals surface area contributed by atoms with Crippen molar-refractivity contribution in [3.8, 4) is 17.1 Å². The van der Waals surface area contributed by atoms with Crippen molar-refractivity contribution in [1.29, 1.82) is 0 Å². The molecule has 0 atom stereocenters. The fraction of sp³-hybridized carbons (Fsp3) is 0.333. The van der Waals surface area contributed by atoms with Gasteiger partial charge in [-0.3, -0.25) is 0 Å². The molecule has 1 aromatic carbocycles. The number of ether oxygens (including phenoxy) is 1. The normalized spacial score (nSPS) is 10.6. The summed E-state index contributed by atoms with van der Waals surface area (Å²) in [6, 6.07) is 3.82. The Morgan fingerprint density at radius 2 is 2.06 bits per heavy atom. The van der Waals surface area contributed by atoms with Crippen LogP contribution in [0.3, 0.4) is 0 Å². The monoisotopic (exact) mass is 233 g/mol. The van der Waals surface area contributed by atoms with Crippen molar-refractivity contribution < 1.29 is 9.26 Å². The van der Waals surface area contributed by atoms with E-state index in [1.54, 1.807) is 7.11 Å². The third kappa shape index (κ3) is 2.01. The first-order chi connectivity index (χ1) is 8.17. The van der Waals surface area contributed by atoms with Gasteiger partial charge in [0.2, 0.25) is 11.7 Å². The highest BCUT2D eigenvalue weighted by atomic mass is 16.5. The van der Waals surface area contributed by atoms with E-state index in [4.69, 9.17) is 15.0 Å². The summed E-state index contributed by atoms with van der Waals surface area (Å²) in [6.07, 6.45) is 0. The SMILES string of the molecule is COc1ccc(-c2noc(CN)n2)c(C)c1C. The van der Waals surface area contributed by atoms with E-state index in [9.17, 15) is 0 Å². The summed E-state index contributed by atoms with van der Waals surface area (Å²) < 4.78 is 10.3. The van der Waals surface area contributed by atoms with Gasteiger partial charge in [0.05, 0.1) is 13.7 Å². The number of nitrogens with two attached hydrogens (primary N) is 1. The highest BCUT2D eigenvalue weighted by molar-refractivity contribution is 5.64. The third-order valence-electron chi connectivity index (χ3n) is 2.84. The molecular formula is C12H15N3O2. The number of benzene rings is 1. The van der Waals surface area contributed by atoms with Gasteiger partial charge in [-0.1, -0.05) is 5.16 Å². The Balaban J connectivity index is 2.49. The van der Waals surface area contributed by atoms with Crippen molar-refractivity contribution in [2.45, 2.75) is 20.4 Å². The number of nitrogens with zero attached hydrogens (tertiary/aromatic N) is 2. The van der Waals surface area contributed by atoms with Gasteiger partial charge in [-0.05, 0) is 37.1 Å². The van der Waals surface area contributed by atoms with Crippen LogP contribution in [0.15, 0.2) is 16.7 Å². The van der Waals surface area contributed by atoms with Crippen LogP contribution in [-0.4, -0.2) is 17.3 Å². The number of hydrogen-bond donors (Lipinski definition) is 1. The maximum Gasteiger partial charge on any atom is 0.240 e. The molecule has 5 heteroatoms. The van der Waals surface area contributed by atoms with Gasteiger partial charge < -0.3 is 15.0 Å². The zero-order chi connectivity index (χ0) is 12.4. The maximum atomic E-state index is 5.44. The lowest BCUT2D eigenvalue weighted by Gasteiger charge is -2.09. The summed E-state index contributed by atoms with van der Waals surface area (Å²) >= 11 is 0. The van der Waals surface area contributed by atoms with Gasteiger partial charge in [0.25, 0.3) is 0 Å². The van der Waals surface area contributed by atoms with Crippen LogP contribution < -0.4 is 10.5 Å². The minimum Gasteiger partial charge on any atom is -0.496 e. The highest BCUT2D eigenvalue weighted by Crippen LogP contribution is 2.29. The van der Waals surface area contributed by atoms with Crippen molar-refractivity contribution in [2.75, 3.05) is 7.11 Å². The smallest absolute Gasteiger partial charge is 0.240 e. The Morgan fingerprint density at radius 3 is 2.65 bits per heavy atom. The zero-order valence-electron chi connectivity index (χ0n) is 10.2. The molecule has 90 valence electrons. The summed E-state index contributed by atoms with van der Waals surface area (Å²) in [7, 11) is 1.66. The Morgan fingerprint density at radius 1 is 1.29 bits per heavy atom. The van der Waals surface area contributed by atoms with E-state index in [1.165, 1.54) is 0 Å². The van der Waals surface area contributed by atoms with Crippen molar-refractivity contribution in [3.05, 3.63) is 29.2 Å². The largest absolute Gasteiger partial charge is 0.496 e. The van der Waals surface area contributed by atoms with E-state index in [0.717, 1.165) is 22.4 Å². The summed E-state index contributed by atoms with van der Waals surface area (Å²) in [5.41, 5.74) is 8.53. The maximum absolute atomic E-state index is 5.44. The quantitative estimate of drug-likeness (QED) is 0.875. The highest BCUT2D eigenvalue weighted by Gasteiger charge is 2.13. The van der Waals surface area contributed by atoms with Crippen molar-refractivity contribution in [2.24, 2.45) is 5.73 Å². The average molecular weight is 233 g/mol. The fourth-order valence-corrected chi connectivity index (χ4v) is 1.71. The van der Waals surface area contributed by atoms with Gasteiger partial charge in [-0.25, -0.2) is 0 Å². The molecule has 0 aliphatic heterocycles. The van der Waals surface area contributed by atoms with Gasteiger partial charge in [-0.2, -0.15) is 4.98 Å². The molecule has 0 fully saturated rings. The van der Waals surface area contributed by atoms with Crippen LogP contribution in [0.2, 0.25) is 0 Å². The van der Waals surface area contributed by atoms with Crippen LogP contribution in [0, 0.1) is 13.8 Å². The number of hydrogen-bond acceptors (Lipinski definition) is 5. The van der Waals surface area contributed by atoms with Gasteiger partial charge in [-0.15, -0.1) is 0 Å². The predicted molar refractivity (Wildman–Crippen MR) is 63.7 cm³/mol. The summed E-state index contributed by atoms with van der Waals surface area (Å²) in [6.45, 7) is 4.26. The van der Waals surface area contributed by atoms with Gasteiger partial charge in [0.1, 0.15) is 5.75 Å². The minimum absolute atomic E-state index is 0.251. The summed E-state index contributed by atoms with van der Waals surface area (Å²) in [5.74, 6) is 1.86. The number of methoxy groups -OCH3 is 1. The molecule has 5 nitrogen and oxygen atoms in total. The second-order valence-corrected chi connectivity index (χ2v) is 3.78. The molecule has 1 heterocycles. The topological polar surface area (TPSA) is 74.2 Å². The molecule has 0 bridgehead atoms. The second-order valence-electron chi connectivity index (χ2n) is 3.78. The number of aromatic nitrogens is 2. The molecule has 0 unspecified atom stereocenters. The van der Waals surface area contributed by atoms with E-state index in [2.05, 4.69) is 10.1 Å². The molecule has 2 N–H and O–H groups in total. The molecule has 0 aliphatic rings. The molecule has 0 amide bonds. The summed E-state index contributed by atoms with van der Waals surface area (Å²) in [5, 5.41) is 3.91. The van der Waals surface area contributed by atoms with Crippen LogP contribution in [0.4, 0.5) is 0 Å². The Bertz CT molecular complexity index is 535. The van der Waals surface area contributed by atoms with E-state index in [0.29, 0.717) is 11.7 Å². The molecule has 0 radical (unpaired) electrons. The third-order valence-corrected chi connectivity index (χ3v) is 2.84. The van der Waals surface area contributed by atoms with Crippen molar-refractivity contribution in [3.63, 3.8) is 0 Å². The first-order valence-corrected chi connectivity index (χ1v) is 5.34. The molecule has 1 aromatic heterocycles. The fourth-order valence-electron chi connectivity index (χ4n) is 1.71.